The lowest BCUT2D eigenvalue weighted by Crippen LogP contribution is -2.63. The Morgan fingerprint density at radius 3 is 2.69 bits per heavy atom. The number of thioether (sulfide) groups is 1. The van der Waals surface area contributed by atoms with Crippen molar-refractivity contribution in [1.82, 2.24) is 15.1 Å². The van der Waals surface area contributed by atoms with Crippen molar-refractivity contribution in [2.75, 3.05) is 19.6 Å². The molecular formula is C19H28N4O5S. The number of nitrogens with one attached hydrogen (secondary N) is 1. The molecule has 0 spiro atoms. The molecule has 9 nitrogen and oxygen atoms in total. The summed E-state index contributed by atoms with van der Waals surface area (Å²) in [5.41, 5.74) is 5.94. The molecule has 4 heterocycles. The maximum atomic E-state index is 12.7. The molecule has 4 rings (SSSR count). The zero-order valence-corrected chi connectivity index (χ0v) is 17.4. The van der Waals surface area contributed by atoms with Crippen molar-refractivity contribution in [3.63, 3.8) is 0 Å². The van der Waals surface area contributed by atoms with Gasteiger partial charge in [-0.05, 0) is 19.8 Å². The first-order chi connectivity index (χ1) is 13.7. The highest BCUT2D eigenvalue weighted by Crippen LogP contribution is 2.51. The average Bonchev–Trinajstić information content (AvgIpc) is 3.33. The van der Waals surface area contributed by atoms with Gasteiger partial charge < -0.3 is 31.1 Å². The molecule has 4 aliphatic rings. The molecule has 0 saturated carbocycles. The fourth-order valence-corrected chi connectivity index (χ4v) is 6.53. The van der Waals surface area contributed by atoms with Crippen LogP contribution in [0.25, 0.3) is 0 Å². The standard InChI is InChI=1S/C19H28N4O5S/c1-8-14-13(9(2)24)18(26)23(14)15(19(27)28)16(8)29-11-5-12(21-6-11)17(25)22-4-3-10(20)7-22/h8-14,21,24H,3-7,20H2,1-2H3,(H,27,28)/t8-,9-,10+,11+,12+,13-,14-/m1/s1. The first kappa shape index (κ1) is 20.6. The number of hydrogen-bond acceptors (Lipinski definition) is 7. The molecule has 5 N–H and O–H groups in total. The number of aliphatic hydroxyl groups is 1. The first-order valence-electron chi connectivity index (χ1n) is 10.1. The van der Waals surface area contributed by atoms with E-state index in [1.54, 1.807) is 11.8 Å². The molecule has 0 aliphatic carbocycles. The maximum Gasteiger partial charge on any atom is 0.353 e. The highest BCUT2D eigenvalue weighted by Gasteiger charge is 2.60. The summed E-state index contributed by atoms with van der Waals surface area (Å²) in [6.45, 7) is 5.34. The van der Waals surface area contributed by atoms with Gasteiger partial charge in [0.05, 0.1) is 24.1 Å². The van der Waals surface area contributed by atoms with E-state index in [4.69, 9.17) is 5.73 Å². The summed E-state index contributed by atoms with van der Waals surface area (Å²) in [5, 5.41) is 23.0. The van der Waals surface area contributed by atoms with Gasteiger partial charge in [-0.25, -0.2) is 4.79 Å². The molecule has 3 fully saturated rings. The second-order valence-corrected chi connectivity index (χ2v) is 9.88. The van der Waals surface area contributed by atoms with E-state index in [-0.39, 0.29) is 46.8 Å². The van der Waals surface area contributed by atoms with Crippen LogP contribution in [0.5, 0.6) is 0 Å². The van der Waals surface area contributed by atoms with Crippen LogP contribution in [0, 0.1) is 11.8 Å². The van der Waals surface area contributed by atoms with Gasteiger partial charge in [-0.2, -0.15) is 0 Å². The Bertz CT molecular complexity index is 772. The highest BCUT2D eigenvalue weighted by molar-refractivity contribution is 8.03. The van der Waals surface area contributed by atoms with Gasteiger partial charge in [-0.15, -0.1) is 11.8 Å². The van der Waals surface area contributed by atoms with E-state index < -0.39 is 18.0 Å². The van der Waals surface area contributed by atoms with Gasteiger partial charge in [0.15, 0.2) is 0 Å². The number of hydrogen-bond donors (Lipinski definition) is 4. The number of carbonyl (C=O) groups is 3. The minimum Gasteiger partial charge on any atom is -0.477 e. The molecule has 4 aliphatic heterocycles. The number of carbonyl (C=O) groups excluding carboxylic acids is 2. The van der Waals surface area contributed by atoms with Crippen molar-refractivity contribution in [3.05, 3.63) is 10.6 Å². The van der Waals surface area contributed by atoms with E-state index in [0.29, 0.717) is 31.0 Å². The van der Waals surface area contributed by atoms with E-state index in [2.05, 4.69) is 5.32 Å². The Morgan fingerprint density at radius 2 is 2.10 bits per heavy atom. The number of carboxylic acid groups (broad SMARTS) is 1. The van der Waals surface area contributed by atoms with Crippen LogP contribution in [0.1, 0.15) is 26.7 Å². The second kappa shape index (κ2) is 7.57. The van der Waals surface area contributed by atoms with Crippen molar-refractivity contribution < 1.29 is 24.6 Å². The van der Waals surface area contributed by atoms with E-state index >= 15 is 0 Å². The topological polar surface area (TPSA) is 136 Å². The maximum absolute atomic E-state index is 12.7. The number of rotatable bonds is 5. The molecule has 3 saturated heterocycles. The van der Waals surface area contributed by atoms with Gasteiger partial charge in [0.2, 0.25) is 11.8 Å². The van der Waals surface area contributed by atoms with Crippen LogP contribution in [-0.4, -0.2) is 86.9 Å². The zero-order chi connectivity index (χ0) is 21.0. The first-order valence-corrected chi connectivity index (χ1v) is 11.0. The Hall–Kier alpha value is -1.62. The molecule has 2 amide bonds. The lowest BCUT2D eigenvalue weighted by Gasteiger charge is -2.46. The fourth-order valence-electron chi connectivity index (χ4n) is 5.05. The summed E-state index contributed by atoms with van der Waals surface area (Å²) in [6.07, 6.45) is 0.614. The molecule has 0 aromatic rings. The van der Waals surface area contributed by atoms with Crippen LogP contribution < -0.4 is 11.1 Å². The molecule has 29 heavy (non-hydrogen) atoms. The number of nitrogens with zero attached hydrogens (tertiary/aromatic N) is 2. The van der Waals surface area contributed by atoms with Gasteiger partial charge in [0.1, 0.15) is 5.70 Å². The molecule has 0 aromatic heterocycles. The van der Waals surface area contributed by atoms with Gasteiger partial charge in [-0.3, -0.25) is 9.59 Å². The summed E-state index contributed by atoms with van der Waals surface area (Å²) in [7, 11) is 0. The van der Waals surface area contributed by atoms with Crippen molar-refractivity contribution in [2.24, 2.45) is 17.6 Å². The summed E-state index contributed by atoms with van der Waals surface area (Å²) in [6, 6.07) is -0.557. The van der Waals surface area contributed by atoms with Gasteiger partial charge in [-0.1, -0.05) is 6.92 Å². The van der Waals surface area contributed by atoms with Crippen LogP contribution in [0.3, 0.4) is 0 Å². The minimum absolute atomic E-state index is 0.0368. The number of β-lactam (4-membered cyclic amide) rings is 1. The quantitative estimate of drug-likeness (QED) is 0.420. The molecule has 0 aromatic carbocycles. The smallest absolute Gasteiger partial charge is 0.353 e. The normalized spacial score (nSPS) is 37.7. The highest BCUT2D eigenvalue weighted by atomic mass is 32.2. The van der Waals surface area contributed by atoms with Crippen molar-refractivity contribution in [3.8, 4) is 0 Å². The van der Waals surface area contributed by atoms with Crippen molar-refractivity contribution >= 4 is 29.5 Å². The number of amides is 2. The summed E-state index contributed by atoms with van der Waals surface area (Å²) >= 11 is 1.45. The number of aliphatic carboxylic acids is 1. The Labute approximate surface area is 173 Å². The van der Waals surface area contributed by atoms with Crippen LogP contribution >= 0.6 is 11.8 Å². The van der Waals surface area contributed by atoms with Crippen LogP contribution in [0.4, 0.5) is 0 Å². The lowest BCUT2D eigenvalue weighted by molar-refractivity contribution is -0.163. The van der Waals surface area contributed by atoms with Gasteiger partial charge in [0.25, 0.3) is 0 Å². The number of aliphatic hydroxyl groups excluding tert-OH is 1. The van der Waals surface area contributed by atoms with Crippen LogP contribution in [0.15, 0.2) is 10.6 Å². The number of nitrogens with two attached hydrogens (primary N) is 1. The predicted molar refractivity (Wildman–Crippen MR) is 107 cm³/mol. The SMILES string of the molecule is C[C@@H](O)[C@H]1C(=O)N2C(C(=O)O)=C(S[C@@H]3CN[C@H](C(=O)N4CC[C@H](N)C4)C3)[C@H](C)[C@H]12. The van der Waals surface area contributed by atoms with Crippen molar-refractivity contribution in [1.29, 1.82) is 0 Å². The molecule has 0 radical (unpaired) electrons. The molecule has 0 unspecified atom stereocenters. The summed E-state index contributed by atoms with van der Waals surface area (Å²) in [5.74, 6) is -2.11. The third-order valence-electron chi connectivity index (χ3n) is 6.53. The zero-order valence-electron chi connectivity index (χ0n) is 16.6. The Balaban J connectivity index is 1.46. The summed E-state index contributed by atoms with van der Waals surface area (Å²) in [4.78, 5) is 40.8. The van der Waals surface area contributed by atoms with Crippen LogP contribution in [0.2, 0.25) is 0 Å². The second-order valence-electron chi connectivity index (χ2n) is 8.54. The molecule has 10 heteroatoms. The van der Waals surface area contributed by atoms with Crippen molar-refractivity contribution in [2.45, 2.75) is 56.2 Å². The number of fused-ring (bicyclic) bond motifs is 1. The predicted octanol–water partition coefficient (Wildman–Crippen LogP) is -0.837. The van der Waals surface area contributed by atoms with Gasteiger partial charge >= 0.3 is 5.97 Å². The largest absolute Gasteiger partial charge is 0.477 e. The monoisotopic (exact) mass is 424 g/mol. The van der Waals surface area contributed by atoms with E-state index in [1.165, 1.54) is 16.7 Å². The fraction of sp³-hybridized carbons (Fsp3) is 0.737. The molecule has 0 bridgehead atoms. The average molecular weight is 425 g/mol. The molecule has 160 valence electrons. The third kappa shape index (κ3) is 3.35. The van der Waals surface area contributed by atoms with Gasteiger partial charge in [0, 0.05) is 41.7 Å². The van der Waals surface area contributed by atoms with E-state index in [0.717, 1.165) is 6.42 Å². The Kier molecular flexibility index (Phi) is 5.39. The molecular weight excluding hydrogens is 396 g/mol. The minimum atomic E-state index is -1.12. The summed E-state index contributed by atoms with van der Waals surface area (Å²) < 4.78 is 0. The lowest BCUT2D eigenvalue weighted by atomic mass is 9.79. The third-order valence-corrected chi connectivity index (χ3v) is 8.04. The number of likely N-dealkylation sites (tertiary alicyclic amines) is 1. The Morgan fingerprint density at radius 1 is 1.38 bits per heavy atom. The van der Waals surface area contributed by atoms with Crippen LogP contribution in [-0.2, 0) is 14.4 Å². The van der Waals surface area contributed by atoms with E-state index in [1.807, 2.05) is 6.92 Å². The molecule has 7 atom stereocenters. The van der Waals surface area contributed by atoms with E-state index in [9.17, 15) is 24.6 Å². The number of carboxylic acids is 1.